The fraction of sp³-hybridized carbons (Fsp3) is 0.355. The minimum absolute atomic E-state index is 0.0654. The van der Waals surface area contributed by atoms with Crippen LogP contribution in [0.3, 0.4) is 0 Å². The van der Waals surface area contributed by atoms with Gasteiger partial charge in [-0.2, -0.15) is 0 Å². The van der Waals surface area contributed by atoms with Crippen LogP contribution < -0.4 is 10.1 Å². The molecule has 0 bridgehead atoms. The maximum atomic E-state index is 13.9. The average Bonchev–Trinajstić information content (AvgIpc) is 2.93. The summed E-state index contributed by atoms with van der Waals surface area (Å²) in [5, 5.41) is 4.70. The van der Waals surface area contributed by atoms with Crippen LogP contribution in [0.1, 0.15) is 48.8 Å². The van der Waals surface area contributed by atoms with Gasteiger partial charge >= 0.3 is 0 Å². The lowest BCUT2D eigenvalue weighted by Gasteiger charge is -2.33. The molecule has 5 nitrogen and oxygen atoms in total. The second-order valence-electron chi connectivity index (χ2n) is 9.97. The molecule has 0 aliphatic heterocycles. The van der Waals surface area contributed by atoms with Crippen LogP contribution in [-0.4, -0.2) is 35.4 Å². The van der Waals surface area contributed by atoms with Crippen LogP contribution >= 0.6 is 34.8 Å². The van der Waals surface area contributed by atoms with E-state index in [0.717, 1.165) is 36.8 Å². The summed E-state index contributed by atoms with van der Waals surface area (Å²) in [4.78, 5) is 29.2. The molecule has 0 heterocycles. The fourth-order valence-corrected chi connectivity index (χ4v) is 5.52. The highest BCUT2D eigenvalue weighted by atomic mass is 35.5. The molecule has 1 saturated carbocycles. The molecule has 0 unspecified atom stereocenters. The number of amides is 2. The van der Waals surface area contributed by atoms with Crippen molar-refractivity contribution in [1.29, 1.82) is 0 Å². The maximum absolute atomic E-state index is 13.9. The van der Waals surface area contributed by atoms with E-state index < -0.39 is 6.04 Å². The molecule has 1 atom stereocenters. The highest BCUT2D eigenvalue weighted by Gasteiger charge is 2.33. The Kier molecular flexibility index (Phi) is 10.6. The van der Waals surface area contributed by atoms with Crippen molar-refractivity contribution in [1.82, 2.24) is 10.2 Å². The number of aryl methyl sites for hydroxylation is 1. The Balaban J connectivity index is 1.65. The second kappa shape index (κ2) is 14.1. The molecule has 3 aromatic rings. The summed E-state index contributed by atoms with van der Waals surface area (Å²) < 4.78 is 5.87. The van der Waals surface area contributed by atoms with Crippen LogP contribution in [0.4, 0.5) is 0 Å². The number of carbonyl (C=O) groups excluding carboxylic acids is 2. The molecule has 1 N–H and O–H groups in total. The molecular weight excluding hydrogens is 555 g/mol. The summed E-state index contributed by atoms with van der Waals surface area (Å²) in [6.45, 7) is 1.68. The molecule has 8 heteroatoms. The lowest BCUT2D eigenvalue weighted by molar-refractivity contribution is -0.143. The lowest BCUT2D eigenvalue weighted by Crippen LogP contribution is -2.53. The van der Waals surface area contributed by atoms with E-state index in [9.17, 15) is 9.59 Å². The van der Waals surface area contributed by atoms with Crippen LogP contribution in [0, 0.1) is 6.92 Å². The second-order valence-corrected chi connectivity index (χ2v) is 11.2. The van der Waals surface area contributed by atoms with Crippen LogP contribution in [0.5, 0.6) is 5.75 Å². The summed E-state index contributed by atoms with van der Waals surface area (Å²) in [5.74, 6) is -0.0184. The van der Waals surface area contributed by atoms with E-state index in [0.29, 0.717) is 32.8 Å². The third kappa shape index (κ3) is 8.14. The number of halogens is 3. The predicted molar refractivity (Wildman–Crippen MR) is 158 cm³/mol. The van der Waals surface area contributed by atoms with E-state index in [1.54, 1.807) is 41.3 Å². The Morgan fingerprint density at radius 3 is 2.28 bits per heavy atom. The quantitative estimate of drug-likeness (QED) is 0.268. The number of carbonyl (C=O) groups is 2. The molecule has 206 valence electrons. The third-order valence-electron chi connectivity index (χ3n) is 7.10. The van der Waals surface area contributed by atoms with Gasteiger partial charge in [-0.1, -0.05) is 90.5 Å². The summed E-state index contributed by atoms with van der Waals surface area (Å²) >= 11 is 19.2. The van der Waals surface area contributed by atoms with Crippen molar-refractivity contribution < 1.29 is 14.3 Å². The summed E-state index contributed by atoms with van der Waals surface area (Å²) in [6, 6.07) is 19.4. The first-order valence-corrected chi connectivity index (χ1v) is 14.4. The molecule has 1 fully saturated rings. The number of benzene rings is 3. The first-order chi connectivity index (χ1) is 18.8. The van der Waals surface area contributed by atoms with Crippen LogP contribution in [-0.2, 0) is 22.6 Å². The highest BCUT2D eigenvalue weighted by molar-refractivity contribution is 6.36. The van der Waals surface area contributed by atoms with Gasteiger partial charge < -0.3 is 15.0 Å². The van der Waals surface area contributed by atoms with Gasteiger partial charge in [-0.15, -0.1) is 0 Å². The van der Waals surface area contributed by atoms with Crippen molar-refractivity contribution in [2.24, 2.45) is 0 Å². The van der Waals surface area contributed by atoms with Gasteiger partial charge in [0.1, 0.15) is 11.8 Å². The Labute approximate surface area is 245 Å². The minimum atomic E-state index is -0.787. The average molecular weight is 588 g/mol. The zero-order valence-electron chi connectivity index (χ0n) is 22.0. The van der Waals surface area contributed by atoms with E-state index in [-0.39, 0.29) is 31.0 Å². The van der Waals surface area contributed by atoms with Crippen LogP contribution in [0.15, 0.2) is 66.7 Å². The first kappa shape index (κ1) is 29.3. The number of rotatable bonds is 10. The van der Waals surface area contributed by atoms with Crippen molar-refractivity contribution in [2.75, 3.05) is 6.61 Å². The van der Waals surface area contributed by atoms with Gasteiger partial charge in [0.05, 0.1) is 0 Å². The Bertz CT molecular complexity index is 1260. The van der Waals surface area contributed by atoms with E-state index in [2.05, 4.69) is 5.32 Å². The molecule has 0 aromatic heterocycles. The van der Waals surface area contributed by atoms with E-state index in [1.807, 2.05) is 37.3 Å². The zero-order chi connectivity index (χ0) is 27.8. The number of hydrogen-bond donors (Lipinski definition) is 1. The molecule has 3 aromatic carbocycles. The van der Waals surface area contributed by atoms with Crippen molar-refractivity contribution >= 4 is 46.6 Å². The van der Waals surface area contributed by atoms with Gasteiger partial charge in [-0.05, 0) is 61.2 Å². The van der Waals surface area contributed by atoms with Crippen molar-refractivity contribution in [3.8, 4) is 5.75 Å². The summed E-state index contributed by atoms with van der Waals surface area (Å²) in [6.07, 6.45) is 5.56. The Morgan fingerprint density at radius 1 is 0.923 bits per heavy atom. The molecule has 1 aliphatic carbocycles. The third-order valence-corrected chi connectivity index (χ3v) is 8.24. The molecule has 0 radical (unpaired) electrons. The van der Waals surface area contributed by atoms with Gasteiger partial charge in [-0.25, -0.2) is 0 Å². The normalized spacial score (nSPS) is 14.5. The molecule has 4 rings (SSSR count). The SMILES string of the molecule is Cc1cc(OCC(=O)N(Cc2c(Cl)cccc2Cl)[C@@H](Cc2ccccc2)C(=O)NC2CCCCC2)ccc1Cl. The molecule has 39 heavy (non-hydrogen) atoms. The topological polar surface area (TPSA) is 58.6 Å². The smallest absolute Gasteiger partial charge is 0.261 e. The first-order valence-electron chi connectivity index (χ1n) is 13.3. The number of hydrogen-bond acceptors (Lipinski definition) is 3. The van der Waals surface area contributed by atoms with Crippen molar-refractivity contribution in [3.63, 3.8) is 0 Å². The maximum Gasteiger partial charge on any atom is 0.261 e. The standard InChI is InChI=1S/C31H33Cl3N2O3/c1-21-17-24(15-16-26(21)32)39-20-30(37)36(19-25-27(33)13-8-14-28(25)34)29(18-22-9-4-2-5-10-22)31(38)35-23-11-6-3-7-12-23/h2,4-5,8-10,13-17,23,29H,3,6-7,11-12,18-20H2,1H3,(H,35,38)/t29-/m0/s1. The lowest BCUT2D eigenvalue weighted by atomic mass is 9.94. The number of nitrogens with one attached hydrogen (secondary N) is 1. The van der Waals surface area contributed by atoms with E-state index in [4.69, 9.17) is 39.5 Å². The monoisotopic (exact) mass is 586 g/mol. The minimum Gasteiger partial charge on any atom is -0.484 e. The van der Waals surface area contributed by atoms with Gasteiger partial charge in [0.25, 0.3) is 5.91 Å². The number of ether oxygens (including phenoxy) is 1. The van der Waals surface area contributed by atoms with Crippen molar-refractivity contribution in [3.05, 3.63) is 98.5 Å². The molecular formula is C31H33Cl3N2O3. The van der Waals surface area contributed by atoms with Crippen LogP contribution in [0.25, 0.3) is 0 Å². The molecule has 0 spiro atoms. The van der Waals surface area contributed by atoms with E-state index in [1.165, 1.54) is 6.42 Å². The fourth-order valence-electron chi connectivity index (χ4n) is 4.89. The highest BCUT2D eigenvalue weighted by Crippen LogP contribution is 2.28. The predicted octanol–water partition coefficient (Wildman–Crippen LogP) is 7.42. The summed E-state index contributed by atoms with van der Waals surface area (Å²) in [5.41, 5.74) is 2.37. The Hall–Kier alpha value is -2.73. The van der Waals surface area contributed by atoms with Gasteiger partial charge in [0, 0.05) is 39.6 Å². The summed E-state index contributed by atoms with van der Waals surface area (Å²) in [7, 11) is 0. The van der Waals surface area contributed by atoms with E-state index >= 15 is 0 Å². The van der Waals surface area contributed by atoms with Crippen molar-refractivity contribution in [2.45, 2.75) is 64.1 Å². The van der Waals surface area contributed by atoms with Crippen LogP contribution in [0.2, 0.25) is 15.1 Å². The van der Waals surface area contributed by atoms with Gasteiger partial charge in [0.2, 0.25) is 5.91 Å². The van der Waals surface area contributed by atoms with Gasteiger partial charge in [-0.3, -0.25) is 9.59 Å². The largest absolute Gasteiger partial charge is 0.484 e. The zero-order valence-corrected chi connectivity index (χ0v) is 24.2. The molecule has 1 aliphatic rings. The molecule has 0 saturated heterocycles. The molecule has 2 amide bonds. The number of nitrogens with zero attached hydrogens (tertiary/aromatic N) is 1. The van der Waals surface area contributed by atoms with Gasteiger partial charge in [0.15, 0.2) is 6.61 Å². The Morgan fingerprint density at radius 2 is 1.62 bits per heavy atom.